The fourth-order valence-electron chi connectivity index (χ4n) is 2.90. The highest BCUT2D eigenvalue weighted by molar-refractivity contribution is 6.32. The first-order valence-electron chi connectivity index (χ1n) is 8.51. The molecule has 0 aliphatic rings. The van der Waals surface area contributed by atoms with Gasteiger partial charge in [-0.05, 0) is 34.9 Å². The first kappa shape index (κ1) is 19.5. The molecule has 2 N–H and O–H groups in total. The number of nitrogens with two attached hydrogens (primary N) is 1. The summed E-state index contributed by atoms with van der Waals surface area (Å²) in [5.41, 5.74) is 9.00. The van der Waals surface area contributed by atoms with Crippen LogP contribution in [-0.4, -0.2) is 25.2 Å². The third kappa shape index (κ3) is 4.18. The van der Waals surface area contributed by atoms with Crippen LogP contribution in [0.1, 0.15) is 5.56 Å². The number of urea groups is 1. The zero-order valence-electron chi connectivity index (χ0n) is 15.6. The SMILES string of the molecule is COc1cc(OC)c(N(Cc2cccc(-c3cccnc3)c2)C(N)=O)cc1Cl. The Balaban J connectivity index is 1.97. The number of pyridine rings is 1. The second-order valence-corrected chi connectivity index (χ2v) is 6.43. The zero-order valence-corrected chi connectivity index (χ0v) is 16.3. The lowest BCUT2D eigenvalue weighted by molar-refractivity contribution is 0.253. The molecule has 2 amide bonds. The van der Waals surface area contributed by atoms with Crippen LogP contribution in [0.25, 0.3) is 11.1 Å². The van der Waals surface area contributed by atoms with Crippen molar-refractivity contribution in [2.24, 2.45) is 5.73 Å². The molecule has 0 saturated heterocycles. The van der Waals surface area contributed by atoms with Crippen molar-refractivity contribution in [2.45, 2.75) is 6.54 Å². The maximum Gasteiger partial charge on any atom is 0.319 e. The molecule has 1 aromatic heterocycles. The molecule has 0 bridgehead atoms. The molecule has 7 heteroatoms. The molecule has 0 unspecified atom stereocenters. The Bertz CT molecular complexity index is 980. The van der Waals surface area contributed by atoms with Crippen LogP contribution in [0.4, 0.5) is 10.5 Å². The zero-order chi connectivity index (χ0) is 20.1. The van der Waals surface area contributed by atoms with Crippen LogP contribution in [0.5, 0.6) is 11.5 Å². The first-order valence-corrected chi connectivity index (χ1v) is 8.89. The Kier molecular flexibility index (Phi) is 6.01. The van der Waals surface area contributed by atoms with Crippen molar-refractivity contribution in [3.8, 4) is 22.6 Å². The summed E-state index contributed by atoms with van der Waals surface area (Å²) >= 11 is 6.25. The van der Waals surface area contributed by atoms with E-state index in [9.17, 15) is 4.79 Å². The number of methoxy groups -OCH3 is 2. The summed E-state index contributed by atoms with van der Waals surface area (Å²) in [4.78, 5) is 17.8. The van der Waals surface area contributed by atoms with Gasteiger partial charge in [-0.2, -0.15) is 0 Å². The largest absolute Gasteiger partial charge is 0.495 e. The normalized spacial score (nSPS) is 10.4. The van der Waals surface area contributed by atoms with E-state index in [-0.39, 0.29) is 6.54 Å². The van der Waals surface area contributed by atoms with Crippen molar-refractivity contribution < 1.29 is 14.3 Å². The summed E-state index contributed by atoms with van der Waals surface area (Å²) in [6, 6.07) is 14.3. The van der Waals surface area contributed by atoms with Crippen LogP contribution < -0.4 is 20.1 Å². The van der Waals surface area contributed by atoms with E-state index in [1.165, 1.54) is 19.1 Å². The fourth-order valence-corrected chi connectivity index (χ4v) is 3.14. The highest BCUT2D eigenvalue weighted by Gasteiger charge is 2.20. The first-order chi connectivity index (χ1) is 13.5. The van der Waals surface area contributed by atoms with Gasteiger partial charge in [-0.1, -0.05) is 35.9 Å². The topological polar surface area (TPSA) is 77.7 Å². The molecule has 0 saturated carbocycles. The van der Waals surface area contributed by atoms with Crippen LogP contribution in [0.2, 0.25) is 5.02 Å². The number of anilines is 1. The van der Waals surface area contributed by atoms with Gasteiger partial charge in [0.1, 0.15) is 11.5 Å². The Morgan fingerprint density at radius 2 is 1.82 bits per heavy atom. The van der Waals surface area contributed by atoms with Crippen molar-refractivity contribution in [3.05, 3.63) is 71.5 Å². The summed E-state index contributed by atoms with van der Waals surface area (Å²) in [5, 5.41) is 0.355. The molecule has 28 heavy (non-hydrogen) atoms. The molecule has 0 aliphatic carbocycles. The molecule has 0 aliphatic heterocycles. The highest BCUT2D eigenvalue weighted by atomic mass is 35.5. The van der Waals surface area contributed by atoms with E-state index in [1.54, 1.807) is 24.5 Å². The molecule has 1 heterocycles. The number of halogens is 1. The minimum atomic E-state index is -0.619. The van der Waals surface area contributed by atoms with Gasteiger partial charge in [0.25, 0.3) is 0 Å². The smallest absolute Gasteiger partial charge is 0.319 e. The number of ether oxygens (including phenoxy) is 2. The van der Waals surface area contributed by atoms with Gasteiger partial charge in [0, 0.05) is 18.5 Å². The van der Waals surface area contributed by atoms with Gasteiger partial charge in [-0.3, -0.25) is 9.88 Å². The molecule has 0 radical (unpaired) electrons. The number of benzene rings is 2. The maximum atomic E-state index is 12.2. The average molecular weight is 398 g/mol. The van der Waals surface area contributed by atoms with Crippen LogP contribution in [-0.2, 0) is 6.54 Å². The molecule has 0 atom stereocenters. The number of aromatic nitrogens is 1. The Morgan fingerprint density at radius 3 is 2.46 bits per heavy atom. The fraction of sp³-hybridized carbons (Fsp3) is 0.143. The summed E-state index contributed by atoms with van der Waals surface area (Å²) in [5.74, 6) is 0.883. The van der Waals surface area contributed by atoms with Crippen LogP contribution >= 0.6 is 11.6 Å². The second-order valence-electron chi connectivity index (χ2n) is 6.03. The Hall–Kier alpha value is -3.25. The van der Waals surface area contributed by atoms with Gasteiger partial charge in [0.15, 0.2) is 0 Å². The minimum Gasteiger partial charge on any atom is -0.495 e. The van der Waals surface area contributed by atoms with E-state index >= 15 is 0 Å². The van der Waals surface area contributed by atoms with Gasteiger partial charge in [0.05, 0.1) is 31.5 Å². The third-order valence-electron chi connectivity index (χ3n) is 4.27. The molecular formula is C21H20ClN3O3. The number of carbonyl (C=O) groups is 1. The Morgan fingerprint density at radius 1 is 1.07 bits per heavy atom. The second kappa shape index (κ2) is 8.63. The molecule has 3 aromatic rings. The molecule has 3 rings (SSSR count). The van der Waals surface area contributed by atoms with E-state index in [0.29, 0.717) is 22.2 Å². The number of hydrogen-bond acceptors (Lipinski definition) is 4. The summed E-state index contributed by atoms with van der Waals surface area (Å²) in [6.07, 6.45) is 3.51. The molecule has 0 fully saturated rings. The van der Waals surface area contributed by atoms with Crippen LogP contribution in [0.15, 0.2) is 60.9 Å². The monoisotopic (exact) mass is 397 g/mol. The van der Waals surface area contributed by atoms with E-state index in [1.807, 2.05) is 36.4 Å². The highest BCUT2D eigenvalue weighted by Crippen LogP contribution is 2.38. The Labute approximate surface area is 168 Å². The summed E-state index contributed by atoms with van der Waals surface area (Å²) in [7, 11) is 3.02. The number of rotatable bonds is 6. The minimum absolute atomic E-state index is 0.252. The van der Waals surface area contributed by atoms with Gasteiger partial charge in [-0.25, -0.2) is 4.79 Å². The predicted molar refractivity (Wildman–Crippen MR) is 110 cm³/mol. The van der Waals surface area contributed by atoms with Crippen molar-refractivity contribution in [1.82, 2.24) is 4.98 Å². The molecular weight excluding hydrogens is 378 g/mol. The summed E-state index contributed by atoms with van der Waals surface area (Å²) < 4.78 is 10.6. The summed E-state index contributed by atoms with van der Waals surface area (Å²) in [6.45, 7) is 0.252. The van der Waals surface area contributed by atoms with Crippen LogP contribution in [0, 0.1) is 0 Å². The van der Waals surface area contributed by atoms with Crippen molar-refractivity contribution in [1.29, 1.82) is 0 Å². The molecule has 6 nitrogen and oxygen atoms in total. The van der Waals surface area contributed by atoms with Gasteiger partial charge in [0.2, 0.25) is 0 Å². The lowest BCUT2D eigenvalue weighted by Crippen LogP contribution is -2.35. The van der Waals surface area contributed by atoms with E-state index in [0.717, 1.165) is 16.7 Å². The molecule has 144 valence electrons. The molecule has 2 aromatic carbocycles. The quantitative estimate of drug-likeness (QED) is 0.664. The predicted octanol–water partition coefficient (Wildman–Crippen LogP) is 4.50. The lowest BCUT2D eigenvalue weighted by atomic mass is 10.0. The van der Waals surface area contributed by atoms with Crippen molar-refractivity contribution in [2.75, 3.05) is 19.1 Å². The molecule has 0 spiro atoms. The van der Waals surface area contributed by atoms with E-state index < -0.39 is 6.03 Å². The standard InChI is InChI=1S/C21H20ClN3O3/c1-27-19-11-20(28-2)18(10-17(19)22)25(21(23)26)13-14-5-3-6-15(9-14)16-7-4-8-24-12-16/h3-12H,13H2,1-2H3,(H2,23,26). The number of amides is 2. The average Bonchev–Trinajstić information content (AvgIpc) is 2.72. The maximum absolute atomic E-state index is 12.2. The van der Waals surface area contributed by atoms with Gasteiger partial charge < -0.3 is 15.2 Å². The van der Waals surface area contributed by atoms with Crippen molar-refractivity contribution in [3.63, 3.8) is 0 Å². The van der Waals surface area contributed by atoms with Crippen molar-refractivity contribution >= 4 is 23.3 Å². The van der Waals surface area contributed by atoms with Gasteiger partial charge >= 0.3 is 6.03 Å². The number of carbonyl (C=O) groups excluding carboxylic acids is 1. The lowest BCUT2D eigenvalue weighted by Gasteiger charge is -2.24. The number of hydrogen-bond donors (Lipinski definition) is 1. The number of primary amides is 1. The van der Waals surface area contributed by atoms with E-state index in [4.69, 9.17) is 26.8 Å². The van der Waals surface area contributed by atoms with E-state index in [2.05, 4.69) is 4.98 Å². The van der Waals surface area contributed by atoms with Crippen LogP contribution in [0.3, 0.4) is 0 Å². The number of nitrogens with zero attached hydrogens (tertiary/aromatic N) is 2. The van der Waals surface area contributed by atoms with Gasteiger partial charge in [-0.15, -0.1) is 0 Å². The third-order valence-corrected chi connectivity index (χ3v) is 4.57.